The van der Waals surface area contributed by atoms with Gasteiger partial charge in [0.2, 0.25) is 5.01 Å². The number of hydrogen-bond acceptors (Lipinski definition) is 4. The van der Waals surface area contributed by atoms with Crippen molar-refractivity contribution in [2.75, 3.05) is 0 Å². The van der Waals surface area contributed by atoms with Gasteiger partial charge >= 0.3 is 13.8 Å². The highest BCUT2D eigenvalue weighted by atomic mass is 32.1. The molecular formula is C4H6NO6PS. The minimum Gasteiger partial charge on any atom is -0.476 e. The summed E-state index contributed by atoms with van der Waals surface area (Å²) in [6, 6.07) is 0. The molecule has 0 radical (unpaired) electrons. The molecule has 13 heavy (non-hydrogen) atoms. The van der Waals surface area contributed by atoms with Crippen LogP contribution in [-0.4, -0.2) is 30.7 Å². The molecule has 1 heterocycles. The van der Waals surface area contributed by atoms with Gasteiger partial charge in [-0.3, -0.25) is 0 Å². The number of carboxylic acids is 1. The summed E-state index contributed by atoms with van der Waals surface area (Å²) in [6.45, 7) is 0. The van der Waals surface area contributed by atoms with Gasteiger partial charge in [0.25, 0.3) is 0 Å². The highest BCUT2D eigenvalue weighted by molar-refractivity contribution is 7.45. The summed E-state index contributed by atoms with van der Waals surface area (Å²) in [4.78, 5) is 35.1. The van der Waals surface area contributed by atoms with Crippen molar-refractivity contribution < 1.29 is 29.1 Å². The summed E-state index contributed by atoms with van der Waals surface area (Å²) in [6.07, 6.45) is 1.47. The minimum absolute atomic E-state index is 0.144. The quantitative estimate of drug-likeness (QED) is 0.493. The molecule has 1 aromatic heterocycles. The molecule has 0 aliphatic rings. The first-order valence-corrected chi connectivity index (χ1v) is 5.16. The van der Waals surface area contributed by atoms with Crippen molar-refractivity contribution in [1.82, 2.24) is 4.98 Å². The van der Waals surface area contributed by atoms with Crippen LogP contribution >= 0.6 is 19.2 Å². The van der Waals surface area contributed by atoms with E-state index in [9.17, 15) is 4.79 Å². The smallest absolute Gasteiger partial charge is 0.466 e. The van der Waals surface area contributed by atoms with Gasteiger partial charge in [-0.15, -0.1) is 11.3 Å². The van der Waals surface area contributed by atoms with Gasteiger partial charge < -0.3 is 19.8 Å². The Kier molecular flexibility index (Phi) is 4.74. The molecule has 0 atom stereocenters. The van der Waals surface area contributed by atoms with Crippen molar-refractivity contribution in [3.05, 3.63) is 16.6 Å². The first-order chi connectivity index (χ1) is 5.80. The molecule has 74 valence electrons. The lowest BCUT2D eigenvalue weighted by atomic mass is 10.7. The molecule has 0 aliphatic heterocycles. The van der Waals surface area contributed by atoms with Crippen molar-refractivity contribution in [1.29, 1.82) is 0 Å². The van der Waals surface area contributed by atoms with E-state index in [0.29, 0.717) is 0 Å². The number of aromatic nitrogens is 1. The SMILES string of the molecule is O=C(O)c1nccs1.O=P(O)(O)O. The normalized spacial score (nSPS) is 10.1. The fourth-order valence-electron chi connectivity index (χ4n) is 0.329. The summed E-state index contributed by atoms with van der Waals surface area (Å²) in [5, 5.41) is 9.99. The third kappa shape index (κ3) is 9.12. The Labute approximate surface area is 76.6 Å². The summed E-state index contributed by atoms with van der Waals surface area (Å²) in [5.41, 5.74) is 0. The monoisotopic (exact) mass is 227 g/mol. The van der Waals surface area contributed by atoms with Crippen LogP contribution in [0.4, 0.5) is 0 Å². The molecule has 0 aliphatic carbocycles. The van der Waals surface area contributed by atoms with E-state index in [4.69, 9.17) is 24.4 Å². The van der Waals surface area contributed by atoms with E-state index >= 15 is 0 Å². The Morgan fingerprint density at radius 3 is 2.08 bits per heavy atom. The van der Waals surface area contributed by atoms with Gasteiger partial charge in [0.05, 0.1) is 0 Å². The number of phosphoric acid groups is 1. The second-order valence-electron chi connectivity index (χ2n) is 1.66. The highest BCUT2D eigenvalue weighted by Crippen LogP contribution is 2.25. The number of hydrogen-bond donors (Lipinski definition) is 4. The fourth-order valence-corrected chi connectivity index (χ4v) is 0.802. The van der Waals surface area contributed by atoms with E-state index in [-0.39, 0.29) is 5.01 Å². The average Bonchev–Trinajstić information content (AvgIpc) is 2.31. The second-order valence-corrected chi connectivity index (χ2v) is 3.58. The Balaban J connectivity index is 0.000000252. The van der Waals surface area contributed by atoms with E-state index in [1.807, 2.05) is 0 Å². The molecule has 0 spiro atoms. The molecule has 0 saturated carbocycles. The molecule has 0 aromatic carbocycles. The van der Waals surface area contributed by atoms with Crippen molar-refractivity contribution in [2.24, 2.45) is 0 Å². The zero-order chi connectivity index (χ0) is 10.5. The molecule has 0 amide bonds. The Morgan fingerprint density at radius 1 is 1.46 bits per heavy atom. The molecule has 1 aromatic rings. The van der Waals surface area contributed by atoms with Crippen molar-refractivity contribution in [3.63, 3.8) is 0 Å². The lowest BCUT2D eigenvalue weighted by Gasteiger charge is -1.82. The van der Waals surface area contributed by atoms with E-state index in [0.717, 1.165) is 11.3 Å². The second kappa shape index (κ2) is 5.05. The molecule has 1 rings (SSSR count). The third-order valence-electron chi connectivity index (χ3n) is 0.615. The van der Waals surface area contributed by atoms with E-state index in [1.165, 1.54) is 6.20 Å². The van der Waals surface area contributed by atoms with Crippen molar-refractivity contribution >= 4 is 25.1 Å². The first-order valence-electron chi connectivity index (χ1n) is 2.72. The average molecular weight is 227 g/mol. The first kappa shape index (κ1) is 12.2. The van der Waals surface area contributed by atoms with Gasteiger partial charge in [0, 0.05) is 11.6 Å². The third-order valence-corrected chi connectivity index (χ3v) is 1.38. The van der Waals surface area contributed by atoms with Crippen LogP contribution in [0.2, 0.25) is 0 Å². The molecule has 9 heteroatoms. The van der Waals surface area contributed by atoms with Crippen LogP contribution in [-0.2, 0) is 4.57 Å². The predicted molar refractivity (Wildman–Crippen MR) is 43.3 cm³/mol. The largest absolute Gasteiger partial charge is 0.476 e. The zero-order valence-corrected chi connectivity index (χ0v) is 7.77. The van der Waals surface area contributed by atoms with Crippen LogP contribution in [0.25, 0.3) is 0 Å². The number of rotatable bonds is 1. The van der Waals surface area contributed by atoms with E-state index in [1.54, 1.807) is 5.38 Å². The Hall–Kier alpha value is -0.790. The van der Waals surface area contributed by atoms with Crippen LogP contribution < -0.4 is 0 Å². The molecule has 0 saturated heterocycles. The summed E-state index contributed by atoms with van der Waals surface area (Å²) in [7, 11) is -4.64. The topological polar surface area (TPSA) is 128 Å². The van der Waals surface area contributed by atoms with Crippen LogP contribution in [0.1, 0.15) is 9.80 Å². The number of carboxylic acid groups (broad SMARTS) is 1. The lowest BCUT2D eigenvalue weighted by Crippen LogP contribution is -1.92. The maximum Gasteiger partial charge on any atom is 0.466 e. The van der Waals surface area contributed by atoms with Crippen molar-refractivity contribution in [3.8, 4) is 0 Å². The molecule has 7 nitrogen and oxygen atoms in total. The van der Waals surface area contributed by atoms with Crippen LogP contribution in [0.5, 0.6) is 0 Å². The molecular weight excluding hydrogens is 221 g/mol. The summed E-state index contributed by atoms with van der Waals surface area (Å²) < 4.78 is 8.88. The van der Waals surface area contributed by atoms with Gasteiger partial charge in [-0.25, -0.2) is 14.3 Å². The predicted octanol–water partition coefficient (Wildman–Crippen LogP) is -0.0873. The number of carbonyl (C=O) groups is 1. The molecule has 0 bridgehead atoms. The fraction of sp³-hybridized carbons (Fsp3) is 0. The highest BCUT2D eigenvalue weighted by Gasteiger charge is 2.01. The van der Waals surface area contributed by atoms with Crippen LogP contribution in [0, 0.1) is 0 Å². The number of aromatic carboxylic acids is 1. The van der Waals surface area contributed by atoms with Crippen LogP contribution in [0.15, 0.2) is 11.6 Å². The lowest BCUT2D eigenvalue weighted by molar-refractivity contribution is 0.0696. The Bertz CT molecular complexity index is 296. The summed E-state index contributed by atoms with van der Waals surface area (Å²) >= 11 is 1.12. The summed E-state index contributed by atoms with van der Waals surface area (Å²) in [5.74, 6) is -0.958. The standard InChI is InChI=1S/C4H3NO2S.H3O4P/c6-4(7)3-5-1-2-8-3;1-5(2,3)4/h1-2H,(H,6,7);(H3,1,2,3,4). The maximum atomic E-state index is 10.0. The zero-order valence-electron chi connectivity index (χ0n) is 6.06. The minimum atomic E-state index is -4.64. The van der Waals surface area contributed by atoms with E-state index < -0.39 is 13.8 Å². The van der Waals surface area contributed by atoms with Crippen LogP contribution in [0.3, 0.4) is 0 Å². The molecule has 0 fully saturated rings. The van der Waals surface area contributed by atoms with Gasteiger partial charge in [0.15, 0.2) is 0 Å². The van der Waals surface area contributed by atoms with Gasteiger partial charge in [0.1, 0.15) is 0 Å². The number of thiazole rings is 1. The maximum absolute atomic E-state index is 10.0. The molecule has 4 N–H and O–H groups in total. The van der Waals surface area contributed by atoms with E-state index in [2.05, 4.69) is 4.98 Å². The number of nitrogens with zero attached hydrogens (tertiary/aromatic N) is 1. The van der Waals surface area contributed by atoms with Gasteiger partial charge in [-0.1, -0.05) is 0 Å². The van der Waals surface area contributed by atoms with Gasteiger partial charge in [-0.2, -0.15) is 0 Å². The Morgan fingerprint density at radius 2 is 1.92 bits per heavy atom. The van der Waals surface area contributed by atoms with Crippen molar-refractivity contribution in [2.45, 2.75) is 0 Å². The molecule has 0 unspecified atom stereocenters. The van der Waals surface area contributed by atoms with Gasteiger partial charge in [-0.05, 0) is 0 Å².